The Labute approximate surface area is 174 Å². The molecule has 0 heterocycles. The molecule has 0 aliphatic rings. The van der Waals surface area contributed by atoms with E-state index in [1.165, 1.54) is 24.3 Å². The van der Waals surface area contributed by atoms with Crippen molar-refractivity contribution in [3.8, 4) is 0 Å². The zero-order valence-electron chi connectivity index (χ0n) is 15.3. The number of hydrogen-bond donors (Lipinski definition) is 2. The van der Waals surface area contributed by atoms with Crippen LogP contribution in [0.25, 0.3) is 0 Å². The molecule has 0 aliphatic heterocycles. The number of halogens is 3. The molecule has 2 rings (SSSR count). The van der Waals surface area contributed by atoms with Gasteiger partial charge >= 0.3 is 11.5 Å². The third kappa shape index (κ3) is 8.05. The molecule has 0 aromatic heterocycles. The Kier molecular flexibility index (Phi) is 7.87. The number of nitrogens with two attached hydrogens (primary N) is 1. The first kappa shape index (κ1) is 23.7. The van der Waals surface area contributed by atoms with Crippen LogP contribution in [-0.2, 0) is 26.0 Å². The van der Waals surface area contributed by atoms with Crippen LogP contribution in [-0.4, -0.2) is 39.0 Å². The molecule has 2 aromatic rings. The van der Waals surface area contributed by atoms with Gasteiger partial charge in [-0.1, -0.05) is 12.1 Å². The first-order chi connectivity index (χ1) is 13.9. The number of benzene rings is 2. The summed E-state index contributed by atoms with van der Waals surface area (Å²) in [5.41, 5.74) is -3.65. The molecule has 7 nitrogen and oxygen atoms in total. The summed E-state index contributed by atoms with van der Waals surface area (Å²) in [6.45, 7) is -0.337. The molecule has 3 N–H and O–H groups in total. The number of nitrogens with one attached hydrogen (secondary N) is 1. The number of amides is 1. The molecule has 1 amide bonds. The van der Waals surface area contributed by atoms with Gasteiger partial charge in [-0.3, -0.25) is 4.79 Å². The summed E-state index contributed by atoms with van der Waals surface area (Å²) in [5.74, 6) is -1.40. The van der Waals surface area contributed by atoms with Gasteiger partial charge in [0.2, 0.25) is 10.0 Å². The zero-order chi connectivity index (χ0) is 22.4. The summed E-state index contributed by atoms with van der Waals surface area (Å²) in [7, 11) is -3.77. The van der Waals surface area contributed by atoms with Crippen LogP contribution in [0.15, 0.2) is 58.3 Å². The smallest absolute Gasteiger partial charge is 0.446 e. The number of carbonyl (C=O) groups is 2. The van der Waals surface area contributed by atoms with Crippen LogP contribution < -0.4 is 10.5 Å². The topological polar surface area (TPSA) is 116 Å². The number of rotatable bonds is 8. The number of hydrogen-bond acceptors (Lipinski definition) is 6. The van der Waals surface area contributed by atoms with Crippen LogP contribution in [0.5, 0.6) is 0 Å². The predicted octanol–water partition coefficient (Wildman–Crippen LogP) is 2.46. The lowest BCUT2D eigenvalue weighted by Crippen LogP contribution is -2.30. The van der Waals surface area contributed by atoms with E-state index < -0.39 is 34.0 Å². The fraction of sp³-hybridized carbons (Fsp3) is 0.222. The van der Waals surface area contributed by atoms with Gasteiger partial charge in [-0.05, 0) is 60.1 Å². The highest BCUT2D eigenvalue weighted by molar-refractivity contribution is 8.00. The molecule has 162 valence electrons. The molecule has 0 atom stereocenters. The van der Waals surface area contributed by atoms with Gasteiger partial charge in [0.15, 0.2) is 6.61 Å². The molecule has 0 radical (unpaired) electrons. The average molecular weight is 462 g/mol. The molecule has 0 spiro atoms. The maximum atomic E-state index is 12.3. The Morgan fingerprint density at radius 3 is 2.17 bits per heavy atom. The number of thioether (sulfide) groups is 1. The number of ether oxygens (including phenoxy) is 1. The van der Waals surface area contributed by atoms with Crippen molar-refractivity contribution in [2.45, 2.75) is 21.7 Å². The molecular weight excluding hydrogens is 445 g/mol. The number of sulfonamides is 1. The molecule has 0 saturated carbocycles. The highest BCUT2D eigenvalue weighted by Crippen LogP contribution is 2.36. The van der Waals surface area contributed by atoms with Crippen molar-refractivity contribution >= 4 is 33.7 Å². The molecule has 0 bridgehead atoms. The second-order valence-corrected chi connectivity index (χ2v) is 8.64. The summed E-state index contributed by atoms with van der Waals surface area (Å²) >= 11 is -0.304. The van der Waals surface area contributed by atoms with Crippen molar-refractivity contribution in [1.82, 2.24) is 5.32 Å². The standard InChI is InChI=1S/C18H17F3N2O5S2/c19-18(20,21)29-14-5-3-13(4-6-14)17(25)28-11-16(24)23-10-9-12-1-7-15(8-2-12)30(22,26)27/h1-8H,9-11H2,(H,23,24)(H2,22,26,27). The minimum absolute atomic E-state index is 0.0178. The molecule has 0 fully saturated rings. The van der Waals surface area contributed by atoms with E-state index in [1.807, 2.05) is 0 Å². The van der Waals surface area contributed by atoms with Crippen LogP contribution in [0.3, 0.4) is 0 Å². The van der Waals surface area contributed by atoms with Crippen molar-refractivity contribution < 1.29 is 35.9 Å². The summed E-state index contributed by atoms with van der Waals surface area (Å²) in [5, 5.41) is 7.54. The monoisotopic (exact) mass is 462 g/mol. The third-order valence-corrected chi connectivity index (χ3v) is 5.31. The molecule has 30 heavy (non-hydrogen) atoms. The van der Waals surface area contributed by atoms with Crippen LogP contribution in [0.2, 0.25) is 0 Å². The molecule has 12 heteroatoms. The average Bonchev–Trinajstić information content (AvgIpc) is 2.65. The van der Waals surface area contributed by atoms with Crippen molar-refractivity contribution in [2.75, 3.05) is 13.2 Å². The van der Waals surface area contributed by atoms with Crippen LogP contribution in [0.1, 0.15) is 15.9 Å². The number of esters is 1. The third-order valence-electron chi connectivity index (χ3n) is 3.65. The maximum Gasteiger partial charge on any atom is 0.446 e. The van der Waals surface area contributed by atoms with Gasteiger partial charge in [0, 0.05) is 11.4 Å². The summed E-state index contributed by atoms with van der Waals surface area (Å²) in [4.78, 5) is 23.5. The predicted molar refractivity (Wildman–Crippen MR) is 103 cm³/mol. The van der Waals surface area contributed by atoms with Gasteiger partial charge in [-0.2, -0.15) is 13.2 Å². The Hall–Kier alpha value is -2.57. The quantitative estimate of drug-likeness (QED) is 0.460. The Morgan fingerprint density at radius 1 is 1.03 bits per heavy atom. The van der Waals surface area contributed by atoms with E-state index >= 15 is 0 Å². The first-order valence-electron chi connectivity index (χ1n) is 8.35. The first-order valence-corrected chi connectivity index (χ1v) is 10.7. The SMILES string of the molecule is NS(=O)(=O)c1ccc(CCNC(=O)COC(=O)c2ccc(SC(F)(F)F)cc2)cc1. The maximum absolute atomic E-state index is 12.3. The molecule has 0 unspecified atom stereocenters. The molecule has 0 aliphatic carbocycles. The van der Waals surface area contributed by atoms with E-state index in [0.717, 1.165) is 17.7 Å². The normalized spacial score (nSPS) is 11.7. The van der Waals surface area contributed by atoms with Crippen molar-refractivity contribution in [3.63, 3.8) is 0 Å². The highest BCUT2D eigenvalue weighted by Gasteiger charge is 2.29. The van der Waals surface area contributed by atoms with Crippen molar-refractivity contribution in [3.05, 3.63) is 59.7 Å². The van der Waals surface area contributed by atoms with Crippen LogP contribution in [0.4, 0.5) is 13.2 Å². The van der Waals surface area contributed by atoms with E-state index in [0.29, 0.717) is 6.42 Å². The summed E-state index contributed by atoms with van der Waals surface area (Å²) in [6.07, 6.45) is 0.406. The molecule has 0 saturated heterocycles. The number of alkyl halides is 3. The van der Waals surface area contributed by atoms with Gasteiger partial charge < -0.3 is 10.1 Å². The second kappa shape index (κ2) is 9.96. The van der Waals surface area contributed by atoms with Gasteiger partial charge in [0.25, 0.3) is 5.91 Å². The fourth-order valence-corrected chi connectivity index (χ4v) is 3.31. The number of primary sulfonamides is 1. The minimum Gasteiger partial charge on any atom is -0.452 e. The summed E-state index contributed by atoms with van der Waals surface area (Å²) in [6, 6.07) is 10.5. The Balaban J connectivity index is 1.74. The summed E-state index contributed by atoms with van der Waals surface area (Å²) < 4.78 is 64.0. The number of carbonyl (C=O) groups excluding carboxylic acids is 2. The van der Waals surface area contributed by atoms with Crippen molar-refractivity contribution in [1.29, 1.82) is 0 Å². The lowest BCUT2D eigenvalue weighted by molar-refractivity contribution is -0.124. The van der Waals surface area contributed by atoms with E-state index in [1.54, 1.807) is 12.1 Å². The lowest BCUT2D eigenvalue weighted by atomic mass is 10.1. The van der Waals surface area contributed by atoms with Crippen molar-refractivity contribution in [2.24, 2.45) is 5.14 Å². The Bertz CT molecular complexity index is 992. The largest absolute Gasteiger partial charge is 0.452 e. The minimum atomic E-state index is -4.43. The lowest BCUT2D eigenvalue weighted by Gasteiger charge is -2.08. The molecular formula is C18H17F3N2O5S2. The van der Waals surface area contributed by atoms with E-state index in [-0.39, 0.29) is 33.7 Å². The highest BCUT2D eigenvalue weighted by atomic mass is 32.2. The van der Waals surface area contributed by atoms with E-state index in [4.69, 9.17) is 9.88 Å². The van der Waals surface area contributed by atoms with Gasteiger partial charge in [0.05, 0.1) is 10.5 Å². The Morgan fingerprint density at radius 2 is 1.63 bits per heavy atom. The van der Waals surface area contributed by atoms with E-state index in [9.17, 15) is 31.2 Å². The van der Waals surface area contributed by atoms with Crippen LogP contribution >= 0.6 is 11.8 Å². The van der Waals surface area contributed by atoms with Crippen LogP contribution in [0, 0.1) is 0 Å². The second-order valence-electron chi connectivity index (χ2n) is 5.94. The zero-order valence-corrected chi connectivity index (χ0v) is 16.9. The van der Waals surface area contributed by atoms with Gasteiger partial charge in [-0.25, -0.2) is 18.4 Å². The fourth-order valence-electron chi connectivity index (χ4n) is 2.25. The van der Waals surface area contributed by atoms with Gasteiger partial charge in [-0.15, -0.1) is 0 Å². The van der Waals surface area contributed by atoms with Gasteiger partial charge in [0.1, 0.15) is 0 Å². The molecule has 2 aromatic carbocycles. The van der Waals surface area contributed by atoms with E-state index in [2.05, 4.69) is 5.32 Å².